The second kappa shape index (κ2) is 7.95. The zero-order valence-corrected chi connectivity index (χ0v) is 16.7. The standard InChI is InChI=1S/C24H16F3O2S/c1-28-18-10-6-15(7-11-18)19-12-13-21(30)23(20-3-2-14-29-20)22(19)16-4-8-17(9-5-16)24(25,26)27/h2-12,14,23H,1H3. The second-order valence-electron chi connectivity index (χ2n) is 6.73. The normalized spacial score (nSPS) is 16.8. The maximum Gasteiger partial charge on any atom is 0.416 e. The van der Waals surface area contributed by atoms with Crippen molar-refractivity contribution in [3.8, 4) is 5.75 Å². The van der Waals surface area contributed by atoms with Gasteiger partial charge in [0.15, 0.2) is 0 Å². The first-order valence-electron chi connectivity index (χ1n) is 9.11. The molecule has 1 aliphatic rings. The van der Waals surface area contributed by atoms with Gasteiger partial charge >= 0.3 is 6.18 Å². The predicted octanol–water partition coefficient (Wildman–Crippen LogP) is 6.74. The lowest BCUT2D eigenvalue weighted by Crippen LogP contribution is -2.15. The first-order valence-corrected chi connectivity index (χ1v) is 9.52. The molecule has 0 amide bonds. The van der Waals surface area contributed by atoms with E-state index in [2.05, 4.69) is 6.08 Å². The summed E-state index contributed by atoms with van der Waals surface area (Å²) < 4.78 is 50.0. The Bertz CT molecular complexity index is 1110. The van der Waals surface area contributed by atoms with Crippen molar-refractivity contribution in [1.82, 2.24) is 0 Å². The van der Waals surface area contributed by atoms with E-state index in [0.717, 1.165) is 28.8 Å². The van der Waals surface area contributed by atoms with Crippen LogP contribution in [0.25, 0.3) is 11.1 Å². The molecule has 2 nitrogen and oxygen atoms in total. The van der Waals surface area contributed by atoms with Crippen molar-refractivity contribution in [3.63, 3.8) is 0 Å². The molecule has 2 aromatic carbocycles. The van der Waals surface area contributed by atoms with Crippen molar-refractivity contribution in [2.24, 2.45) is 0 Å². The van der Waals surface area contributed by atoms with Gasteiger partial charge in [0, 0.05) is 4.86 Å². The predicted molar refractivity (Wildman–Crippen MR) is 113 cm³/mol. The summed E-state index contributed by atoms with van der Waals surface area (Å²) in [5, 5.41) is 0. The van der Waals surface area contributed by atoms with Crippen molar-refractivity contribution >= 4 is 28.2 Å². The average molecular weight is 425 g/mol. The Morgan fingerprint density at radius 2 is 1.63 bits per heavy atom. The van der Waals surface area contributed by atoms with Crippen LogP contribution in [-0.2, 0) is 6.18 Å². The molecule has 151 valence electrons. The van der Waals surface area contributed by atoms with E-state index in [9.17, 15) is 13.2 Å². The highest BCUT2D eigenvalue weighted by atomic mass is 32.1. The van der Waals surface area contributed by atoms with Crippen molar-refractivity contribution < 1.29 is 22.3 Å². The molecular weight excluding hydrogens is 409 g/mol. The van der Waals surface area contributed by atoms with E-state index in [4.69, 9.17) is 21.4 Å². The summed E-state index contributed by atoms with van der Waals surface area (Å²) in [6.07, 6.45) is 2.03. The Balaban J connectivity index is 1.91. The Kier molecular flexibility index (Phi) is 5.35. The summed E-state index contributed by atoms with van der Waals surface area (Å²) in [7, 11) is 1.58. The van der Waals surface area contributed by atoms with Crippen LogP contribution in [0.4, 0.5) is 13.2 Å². The van der Waals surface area contributed by atoms with Crippen LogP contribution in [0.3, 0.4) is 0 Å². The number of allylic oxidation sites excluding steroid dienone is 4. The van der Waals surface area contributed by atoms with Gasteiger partial charge in [0.25, 0.3) is 0 Å². The first-order chi connectivity index (χ1) is 14.4. The van der Waals surface area contributed by atoms with Crippen molar-refractivity contribution in [1.29, 1.82) is 0 Å². The van der Waals surface area contributed by atoms with E-state index < -0.39 is 17.7 Å². The molecule has 0 aliphatic heterocycles. The molecule has 0 bridgehead atoms. The van der Waals surface area contributed by atoms with Crippen molar-refractivity contribution in [3.05, 3.63) is 102 Å². The highest BCUT2D eigenvalue weighted by Gasteiger charge is 2.32. The second-order valence-corrected chi connectivity index (χ2v) is 7.17. The van der Waals surface area contributed by atoms with Gasteiger partial charge in [-0.3, -0.25) is 0 Å². The van der Waals surface area contributed by atoms with Crippen LogP contribution >= 0.6 is 12.2 Å². The number of thiocarbonyl (C=S) groups is 1. The number of halogens is 3. The number of benzene rings is 2. The molecule has 1 aliphatic carbocycles. The van der Waals surface area contributed by atoms with E-state index in [1.54, 1.807) is 31.6 Å². The molecule has 1 unspecified atom stereocenters. The van der Waals surface area contributed by atoms with Crippen LogP contribution in [0.1, 0.15) is 28.4 Å². The molecule has 0 spiro atoms. The van der Waals surface area contributed by atoms with Crippen molar-refractivity contribution in [2.75, 3.05) is 7.11 Å². The van der Waals surface area contributed by atoms with Gasteiger partial charge in [0.2, 0.25) is 0 Å². The van der Waals surface area contributed by atoms with Gasteiger partial charge in [0.1, 0.15) is 11.5 Å². The van der Waals surface area contributed by atoms with Crippen LogP contribution < -0.4 is 4.74 Å². The lowest BCUT2D eigenvalue weighted by Gasteiger charge is -2.25. The average Bonchev–Trinajstić information content (AvgIpc) is 3.27. The molecule has 4 rings (SSSR count). The molecule has 1 heterocycles. The Morgan fingerprint density at radius 3 is 2.20 bits per heavy atom. The van der Waals surface area contributed by atoms with Crippen molar-refractivity contribution in [2.45, 2.75) is 12.1 Å². The third-order valence-corrected chi connectivity index (χ3v) is 5.31. The topological polar surface area (TPSA) is 22.4 Å². The van der Waals surface area contributed by atoms with E-state index in [1.165, 1.54) is 12.1 Å². The third kappa shape index (κ3) is 3.83. The number of rotatable bonds is 4. The molecule has 1 atom stereocenters. The number of methoxy groups -OCH3 is 1. The van der Waals surface area contributed by atoms with Gasteiger partial charge in [-0.15, -0.1) is 0 Å². The molecule has 0 fully saturated rings. The number of furan rings is 1. The van der Waals surface area contributed by atoms with Gasteiger partial charge in [-0.05, 0) is 70.8 Å². The monoisotopic (exact) mass is 425 g/mol. The molecule has 0 saturated heterocycles. The molecule has 0 N–H and O–H groups in total. The van der Waals surface area contributed by atoms with Gasteiger partial charge < -0.3 is 9.15 Å². The summed E-state index contributed by atoms with van der Waals surface area (Å²) in [4.78, 5) is 0.511. The van der Waals surface area contributed by atoms with Crippen LogP contribution in [0.5, 0.6) is 5.75 Å². The minimum absolute atomic E-state index is 0.436. The zero-order valence-electron chi connectivity index (χ0n) is 15.9. The molecule has 3 aromatic rings. The van der Waals surface area contributed by atoms with Crippen LogP contribution in [0, 0.1) is 6.08 Å². The minimum atomic E-state index is -4.40. The van der Waals surface area contributed by atoms with Crippen LogP contribution in [0.15, 0.2) is 77.4 Å². The number of hydrogen-bond acceptors (Lipinski definition) is 3. The summed E-state index contributed by atoms with van der Waals surface area (Å²) in [5.41, 5.74) is 2.39. The van der Waals surface area contributed by atoms with Crippen LogP contribution in [-0.4, -0.2) is 12.0 Å². The summed E-state index contributed by atoms with van der Waals surface area (Å²) in [6, 6.07) is 16.1. The fourth-order valence-corrected chi connectivity index (χ4v) is 3.78. The Hall–Kier alpha value is -3.12. The molecule has 1 radical (unpaired) electrons. The largest absolute Gasteiger partial charge is 0.497 e. The highest BCUT2D eigenvalue weighted by molar-refractivity contribution is 7.80. The zero-order chi connectivity index (χ0) is 21.3. The first kappa shape index (κ1) is 20.2. The van der Waals surface area contributed by atoms with Gasteiger partial charge in [0.05, 0.1) is 24.9 Å². The summed E-state index contributed by atoms with van der Waals surface area (Å²) >= 11 is 5.54. The van der Waals surface area contributed by atoms with Crippen LogP contribution in [0.2, 0.25) is 0 Å². The molecule has 6 heteroatoms. The van der Waals surface area contributed by atoms with E-state index in [1.807, 2.05) is 24.3 Å². The lowest BCUT2D eigenvalue weighted by atomic mass is 9.79. The molecule has 0 saturated carbocycles. The minimum Gasteiger partial charge on any atom is -0.497 e. The maximum atomic E-state index is 13.1. The van der Waals surface area contributed by atoms with Gasteiger partial charge in [-0.25, -0.2) is 0 Å². The number of ether oxygens (including phenoxy) is 1. The summed E-state index contributed by atoms with van der Waals surface area (Å²) in [5.74, 6) is 0.882. The fourth-order valence-electron chi connectivity index (χ4n) is 3.49. The Labute approximate surface area is 177 Å². The Morgan fingerprint density at radius 1 is 0.967 bits per heavy atom. The van der Waals surface area contributed by atoms with E-state index >= 15 is 0 Å². The van der Waals surface area contributed by atoms with E-state index in [0.29, 0.717) is 21.9 Å². The maximum absolute atomic E-state index is 13.1. The summed E-state index contributed by atoms with van der Waals surface area (Å²) in [6.45, 7) is 0. The lowest BCUT2D eigenvalue weighted by molar-refractivity contribution is -0.137. The quantitative estimate of drug-likeness (QED) is 0.432. The molecular formula is C24H16F3O2S. The fraction of sp³-hybridized carbons (Fsp3) is 0.125. The smallest absolute Gasteiger partial charge is 0.416 e. The van der Waals surface area contributed by atoms with E-state index in [-0.39, 0.29) is 0 Å². The molecule has 30 heavy (non-hydrogen) atoms. The third-order valence-electron chi connectivity index (χ3n) is 4.95. The SMILES string of the molecule is COc1ccc(C2=C(c3ccc(C(F)(F)F)cc3)C(c3ccco3)C(=S)[C]=C2)cc1. The van der Waals surface area contributed by atoms with Gasteiger partial charge in [-0.1, -0.05) is 36.5 Å². The number of hydrogen-bond donors (Lipinski definition) is 0. The number of alkyl halides is 3. The molecule has 1 aromatic heterocycles. The van der Waals surface area contributed by atoms with Gasteiger partial charge in [-0.2, -0.15) is 13.2 Å². The highest BCUT2D eigenvalue weighted by Crippen LogP contribution is 2.43.